The van der Waals surface area contributed by atoms with Crippen molar-refractivity contribution in [2.75, 3.05) is 0 Å². The first kappa shape index (κ1) is 24.6. The maximum atomic E-state index is 13.9. The third-order valence-electron chi connectivity index (χ3n) is 6.60. The lowest BCUT2D eigenvalue weighted by atomic mass is 9.82. The van der Waals surface area contributed by atoms with Gasteiger partial charge in [-0.1, -0.05) is 6.07 Å². The monoisotopic (exact) mass is 480 g/mol. The SMILES string of the molecule is CC1CC(c2ccc(C(F)F)nc2)CC(CCc2cc(C(F)(F)F)c3c(c2)ncn3C(C)C)N1. The molecular weight excluding hydrogens is 451 g/mol. The second kappa shape index (κ2) is 9.60. The lowest BCUT2D eigenvalue weighted by molar-refractivity contribution is -0.136. The van der Waals surface area contributed by atoms with E-state index in [-0.39, 0.29) is 35.3 Å². The zero-order valence-corrected chi connectivity index (χ0v) is 19.4. The third-order valence-corrected chi connectivity index (χ3v) is 6.60. The number of aryl methyl sites for hydroxylation is 1. The first-order chi connectivity index (χ1) is 16.0. The number of nitrogens with one attached hydrogen (secondary N) is 1. The van der Waals surface area contributed by atoms with E-state index in [1.165, 1.54) is 24.7 Å². The molecule has 0 aliphatic carbocycles. The summed E-state index contributed by atoms with van der Waals surface area (Å²) in [5.74, 6) is 0.162. The van der Waals surface area contributed by atoms with E-state index in [0.717, 1.165) is 18.4 Å². The average Bonchev–Trinajstić information content (AvgIpc) is 3.20. The second-order valence-electron chi connectivity index (χ2n) is 9.54. The van der Waals surface area contributed by atoms with Gasteiger partial charge in [-0.2, -0.15) is 13.2 Å². The van der Waals surface area contributed by atoms with Crippen molar-refractivity contribution in [3.05, 3.63) is 59.2 Å². The minimum atomic E-state index is -4.47. The van der Waals surface area contributed by atoms with Gasteiger partial charge in [0.1, 0.15) is 5.69 Å². The van der Waals surface area contributed by atoms with Crippen molar-refractivity contribution < 1.29 is 22.0 Å². The summed E-state index contributed by atoms with van der Waals surface area (Å²) < 4.78 is 68.8. The summed E-state index contributed by atoms with van der Waals surface area (Å²) in [6, 6.07) is 6.25. The number of fused-ring (bicyclic) bond motifs is 1. The fourth-order valence-electron chi connectivity index (χ4n) is 4.99. The summed E-state index contributed by atoms with van der Waals surface area (Å²) in [6.45, 7) is 5.72. The number of halogens is 5. The normalized spacial score (nSPS) is 21.6. The minimum Gasteiger partial charge on any atom is -0.328 e. The number of alkyl halides is 5. The molecule has 184 valence electrons. The highest BCUT2D eigenvalue weighted by molar-refractivity contribution is 5.81. The van der Waals surface area contributed by atoms with Crippen molar-refractivity contribution in [2.24, 2.45) is 0 Å². The molecule has 1 saturated heterocycles. The van der Waals surface area contributed by atoms with Crippen LogP contribution in [0.1, 0.15) is 80.8 Å². The van der Waals surface area contributed by atoms with Crippen LogP contribution in [-0.2, 0) is 12.6 Å². The predicted octanol–water partition coefficient (Wildman–Crippen LogP) is 6.83. The molecule has 4 rings (SSSR count). The fraction of sp³-hybridized carbons (Fsp3) is 0.520. The molecule has 0 bridgehead atoms. The molecule has 2 aromatic heterocycles. The molecule has 3 atom stereocenters. The summed E-state index contributed by atoms with van der Waals surface area (Å²) >= 11 is 0. The van der Waals surface area contributed by atoms with Gasteiger partial charge in [0.15, 0.2) is 0 Å². The number of rotatable bonds is 6. The molecule has 0 amide bonds. The van der Waals surface area contributed by atoms with E-state index in [2.05, 4.69) is 22.2 Å². The van der Waals surface area contributed by atoms with E-state index in [0.29, 0.717) is 23.9 Å². The Kier molecular flexibility index (Phi) is 6.94. The van der Waals surface area contributed by atoms with Gasteiger partial charge >= 0.3 is 6.18 Å². The van der Waals surface area contributed by atoms with Gasteiger partial charge in [0.05, 0.1) is 22.9 Å². The molecule has 1 fully saturated rings. The maximum Gasteiger partial charge on any atom is 0.418 e. The minimum absolute atomic E-state index is 0.0989. The molecule has 0 saturated carbocycles. The third kappa shape index (κ3) is 5.24. The second-order valence-corrected chi connectivity index (χ2v) is 9.54. The van der Waals surface area contributed by atoms with Crippen LogP contribution < -0.4 is 5.32 Å². The summed E-state index contributed by atoms with van der Waals surface area (Å²) in [5.41, 5.74) is 1.11. The topological polar surface area (TPSA) is 42.7 Å². The van der Waals surface area contributed by atoms with Gasteiger partial charge in [-0.25, -0.2) is 13.8 Å². The Balaban J connectivity index is 1.51. The molecule has 34 heavy (non-hydrogen) atoms. The van der Waals surface area contributed by atoms with Crippen LogP contribution in [0.5, 0.6) is 0 Å². The first-order valence-electron chi connectivity index (χ1n) is 11.6. The van der Waals surface area contributed by atoms with E-state index in [9.17, 15) is 22.0 Å². The Morgan fingerprint density at radius 3 is 2.50 bits per heavy atom. The lowest BCUT2D eigenvalue weighted by Crippen LogP contribution is -2.43. The summed E-state index contributed by atoms with van der Waals surface area (Å²) in [6.07, 6.45) is -1.31. The van der Waals surface area contributed by atoms with Crippen LogP contribution in [0.25, 0.3) is 11.0 Å². The standard InChI is InChI=1S/C25H29F5N4/c1-14(2)34-13-32-22-10-16(9-20(23(22)34)25(28,29)30)4-6-19-11-18(8-15(3)33-19)17-5-7-21(24(26)27)31-12-17/h5,7,9-10,12-15,18-19,24,33H,4,6,8,11H2,1-3H3. The van der Waals surface area contributed by atoms with Gasteiger partial charge in [0.2, 0.25) is 0 Å². The van der Waals surface area contributed by atoms with Crippen LogP contribution in [0, 0.1) is 0 Å². The van der Waals surface area contributed by atoms with E-state index < -0.39 is 18.2 Å². The van der Waals surface area contributed by atoms with E-state index in [1.807, 2.05) is 13.8 Å². The number of benzene rings is 1. The van der Waals surface area contributed by atoms with Crippen molar-refractivity contribution in [2.45, 2.75) is 83.1 Å². The molecule has 1 aliphatic heterocycles. The lowest BCUT2D eigenvalue weighted by Gasteiger charge is -2.35. The number of pyridine rings is 1. The van der Waals surface area contributed by atoms with Crippen molar-refractivity contribution in [3.63, 3.8) is 0 Å². The van der Waals surface area contributed by atoms with Gasteiger partial charge in [-0.15, -0.1) is 0 Å². The Labute approximate surface area is 195 Å². The molecule has 3 unspecified atom stereocenters. The Morgan fingerprint density at radius 2 is 1.88 bits per heavy atom. The van der Waals surface area contributed by atoms with Crippen LogP contribution in [-0.4, -0.2) is 26.6 Å². The van der Waals surface area contributed by atoms with Crippen molar-refractivity contribution in [1.82, 2.24) is 19.9 Å². The zero-order valence-electron chi connectivity index (χ0n) is 19.4. The predicted molar refractivity (Wildman–Crippen MR) is 121 cm³/mol. The highest BCUT2D eigenvalue weighted by Gasteiger charge is 2.35. The molecule has 1 aromatic carbocycles. The summed E-state index contributed by atoms with van der Waals surface area (Å²) in [4.78, 5) is 8.13. The van der Waals surface area contributed by atoms with Gasteiger partial charge in [-0.3, -0.25) is 4.98 Å². The summed E-state index contributed by atoms with van der Waals surface area (Å²) in [7, 11) is 0. The number of piperidine rings is 1. The molecule has 0 spiro atoms. The molecule has 3 heterocycles. The largest absolute Gasteiger partial charge is 0.418 e. The van der Waals surface area contributed by atoms with Crippen molar-refractivity contribution in [1.29, 1.82) is 0 Å². The van der Waals surface area contributed by atoms with Crippen LogP contribution in [0.4, 0.5) is 22.0 Å². The average molecular weight is 481 g/mol. The van der Waals surface area contributed by atoms with E-state index >= 15 is 0 Å². The number of hydrogen-bond donors (Lipinski definition) is 1. The highest BCUT2D eigenvalue weighted by atomic mass is 19.4. The Morgan fingerprint density at radius 1 is 1.12 bits per heavy atom. The molecule has 4 nitrogen and oxygen atoms in total. The van der Waals surface area contributed by atoms with Crippen molar-refractivity contribution >= 4 is 11.0 Å². The molecule has 1 N–H and O–H groups in total. The van der Waals surface area contributed by atoms with Crippen LogP contribution in [0.3, 0.4) is 0 Å². The van der Waals surface area contributed by atoms with E-state index in [1.54, 1.807) is 16.7 Å². The Hall–Kier alpha value is -2.55. The van der Waals surface area contributed by atoms with Crippen LogP contribution >= 0.6 is 0 Å². The summed E-state index contributed by atoms with van der Waals surface area (Å²) in [5, 5.41) is 3.53. The van der Waals surface area contributed by atoms with Gasteiger partial charge in [0, 0.05) is 24.3 Å². The van der Waals surface area contributed by atoms with Crippen LogP contribution in [0.15, 0.2) is 36.8 Å². The molecule has 0 radical (unpaired) electrons. The molecule has 3 aromatic rings. The van der Waals surface area contributed by atoms with Gasteiger partial charge in [0.25, 0.3) is 6.43 Å². The Bertz CT molecular complexity index is 1120. The number of aromatic nitrogens is 3. The quantitative estimate of drug-likeness (QED) is 0.394. The first-order valence-corrected chi connectivity index (χ1v) is 11.6. The van der Waals surface area contributed by atoms with E-state index in [4.69, 9.17) is 0 Å². The number of imidazole rings is 1. The van der Waals surface area contributed by atoms with Gasteiger partial charge in [-0.05, 0) is 81.7 Å². The molecule has 9 heteroatoms. The zero-order chi connectivity index (χ0) is 24.6. The molecular formula is C25H29F5N4. The fourth-order valence-corrected chi connectivity index (χ4v) is 4.99. The maximum absolute atomic E-state index is 13.9. The molecule has 1 aliphatic rings. The highest BCUT2D eigenvalue weighted by Crippen LogP contribution is 2.37. The van der Waals surface area contributed by atoms with Crippen molar-refractivity contribution in [3.8, 4) is 0 Å². The number of nitrogens with zero attached hydrogens (tertiary/aromatic N) is 3. The smallest absolute Gasteiger partial charge is 0.328 e. The van der Waals surface area contributed by atoms with Gasteiger partial charge < -0.3 is 9.88 Å². The van der Waals surface area contributed by atoms with Crippen LogP contribution in [0.2, 0.25) is 0 Å². The number of hydrogen-bond acceptors (Lipinski definition) is 3.